The molecule has 6 heteroatoms. The van der Waals surface area contributed by atoms with Crippen molar-refractivity contribution < 1.29 is 4.79 Å². The molecule has 4 rings (SSSR count). The van der Waals surface area contributed by atoms with Gasteiger partial charge in [0.2, 0.25) is 0 Å². The van der Waals surface area contributed by atoms with Crippen LogP contribution in [-0.2, 0) is 0 Å². The van der Waals surface area contributed by atoms with Crippen molar-refractivity contribution in [2.75, 3.05) is 5.32 Å². The zero-order valence-corrected chi connectivity index (χ0v) is 14.3. The van der Waals surface area contributed by atoms with E-state index >= 15 is 0 Å². The van der Waals surface area contributed by atoms with Crippen molar-refractivity contribution in [3.05, 3.63) is 83.8 Å². The molecule has 0 aliphatic heterocycles. The monoisotopic (exact) mass is 360 g/mol. The second-order valence-corrected chi connectivity index (χ2v) is 6.07. The Kier molecular flexibility index (Phi) is 4.29. The number of halogens is 1. The van der Waals surface area contributed by atoms with Gasteiger partial charge in [0, 0.05) is 29.5 Å². The molecule has 0 fully saturated rings. The Hall–Kier alpha value is -3.31. The average Bonchev–Trinajstić information content (AvgIpc) is 2.69. The van der Waals surface area contributed by atoms with E-state index in [9.17, 15) is 4.79 Å². The van der Waals surface area contributed by atoms with Crippen LogP contribution in [0.3, 0.4) is 0 Å². The number of carbonyl (C=O) groups is 1. The van der Waals surface area contributed by atoms with Gasteiger partial charge < -0.3 is 5.32 Å². The molecule has 0 saturated heterocycles. The first-order valence-electron chi connectivity index (χ1n) is 7.94. The Bertz CT molecular complexity index is 1080. The number of nitrogens with zero attached hydrogens (tertiary/aromatic N) is 3. The highest BCUT2D eigenvalue weighted by atomic mass is 35.5. The number of rotatable bonds is 3. The fourth-order valence-electron chi connectivity index (χ4n) is 2.64. The number of aromatic nitrogens is 3. The van der Waals surface area contributed by atoms with Crippen LogP contribution in [0.1, 0.15) is 10.4 Å². The summed E-state index contributed by atoms with van der Waals surface area (Å²) in [6.45, 7) is 0. The van der Waals surface area contributed by atoms with Crippen LogP contribution in [0.25, 0.3) is 22.2 Å². The maximum atomic E-state index is 12.7. The number of pyridine rings is 3. The van der Waals surface area contributed by atoms with E-state index < -0.39 is 0 Å². The minimum absolute atomic E-state index is 0.277. The van der Waals surface area contributed by atoms with Crippen LogP contribution < -0.4 is 5.32 Å². The van der Waals surface area contributed by atoms with Gasteiger partial charge in [-0.05, 0) is 36.4 Å². The van der Waals surface area contributed by atoms with Crippen LogP contribution in [0.15, 0.2) is 73.2 Å². The number of hydrogen-bond acceptors (Lipinski definition) is 4. The van der Waals surface area contributed by atoms with E-state index in [0.717, 1.165) is 16.6 Å². The summed E-state index contributed by atoms with van der Waals surface area (Å²) in [5.74, 6) is 0.154. The second kappa shape index (κ2) is 6.90. The third-order valence-electron chi connectivity index (χ3n) is 3.89. The summed E-state index contributed by atoms with van der Waals surface area (Å²) in [5.41, 5.74) is 2.75. The summed E-state index contributed by atoms with van der Waals surface area (Å²) in [5, 5.41) is 4.17. The summed E-state index contributed by atoms with van der Waals surface area (Å²) in [6, 6.07) is 16.5. The highest BCUT2D eigenvalue weighted by Crippen LogP contribution is 2.23. The number of hydrogen-bond donors (Lipinski definition) is 1. The average molecular weight is 361 g/mol. The van der Waals surface area contributed by atoms with Crippen LogP contribution in [-0.4, -0.2) is 20.9 Å². The first kappa shape index (κ1) is 16.2. The lowest BCUT2D eigenvalue weighted by atomic mass is 10.1. The van der Waals surface area contributed by atoms with Gasteiger partial charge in [-0.2, -0.15) is 0 Å². The quantitative estimate of drug-likeness (QED) is 0.580. The number of anilines is 1. The van der Waals surface area contributed by atoms with Crippen LogP contribution in [0.5, 0.6) is 0 Å². The Morgan fingerprint density at radius 3 is 2.65 bits per heavy atom. The number of para-hydroxylation sites is 1. The minimum atomic E-state index is -0.277. The van der Waals surface area contributed by atoms with E-state index in [1.54, 1.807) is 30.6 Å². The summed E-state index contributed by atoms with van der Waals surface area (Å²) in [7, 11) is 0. The fourth-order valence-corrected chi connectivity index (χ4v) is 2.75. The molecule has 1 aromatic carbocycles. The molecule has 1 N–H and O–H groups in total. The van der Waals surface area contributed by atoms with Gasteiger partial charge >= 0.3 is 0 Å². The highest BCUT2D eigenvalue weighted by molar-refractivity contribution is 6.30. The van der Waals surface area contributed by atoms with E-state index in [-0.39, 0.29) is 5.91 Å². The molecule has 0 spiro atoms. The topological polar surface area (TPSA) is 67.8 Å². The van der Waals surface area contributed by atoms with E-state index in [0.29, 0.717) is 21.9 Å². The van der Waals surface area contributed by atoms with Crippen molar-refractivity contribution in [3.8, 4) is 11.3 Å². The van der Waals surface area contributed by atoms with Gasteiger partial charge in [0.15, 0.2) is 0 Å². The lowest BCUT2D eigenvalue weighted by Gasteiger charge is -2.09. The van der Waals surface area contributed by atoms with Crippen molar-refractivity contribution in [1.82, 2.24) is 15.0 Å². The molecular weight excluding hydrogens is 348 g/mol. The number of fused-ring (bicyclic) bond motifs is 1. The van der Waals surface area contributed by atoms with Crippen LogP contribution >= 0.6 is 11.6 Å². The molecular formula is C20H13ClN4O. The summed E-state index contributed by atoms with van der Waals surface area (Å²) in [6.07, 6.45) is 4.94. The molecule has 0 atom stereocenters. The standard InChI is InChI=1S/C20H13ClN4O/c21-15-7-9-18(23-12-15)25-20(26)16-5-1-3-13-6-8-17(24-19(13)16)14-4-2-10-22-11-14/h1-12H,(H,23,25,26). The van der Waals surface area contributed by atoms with Crippen LogP contribution in [0.2, 0.25) is 5.02 Å². The summed E-state index contributed by atoms with van der Waals surface area (Å²) >= 11 is 5.83. The third kappa shape index (κ3) is 3.25. The van der Waals surface area contributed by atoms with Gasteiger partial charge in [-0.25, -0.2) is 9.97 Å². The minimum Gasteiger partial charge on any atom is -0.306 e. The predicted octanol–water partition coefficient (Wildman–Crippen LogP) is 4.60. The highest BCUT2D eigenvalue weighted by Gasteiger charge is 2.13. The molecule has 0 radical (unpaired) electrons. The number of carbonyl (C=O) groups excluding carboxylic acids is 1. The van der Waals surface area contributed by atoms with Gasteiger partial charge in [0.1, 0.15) is 5.82 Å². The van der Waals surface area contributed by atoms with Crippen molar-refractivity contribution in [3.63, 3.8) is 0 Å². The van der Waals surface area contributed by atoms with Gasteiger partial charge in [-0.15, -0.1) is 0 Å². The maximum Gasteiger partial charge on any atom is 0.259 e. The molecule has 26 heavy (non-hydrogen) atoms. The Labute approximate surface area is 154 Å². The first-order chi connectivity index (χ1) is 12.7. The van der Waals surface area contributed by atoms with E-state index in [1.807, 2.05) is 36.4 Å². The van der Waals surface area contributed by atoms with E-state index in [2.05, 4.69) is 20.3 Å². The molecule has 0 aliphatic rings. The predicted molar refractivity (Wildman–Crippen MR) is 102 cm³/mol. The van der Waals surface area contributed by atoms with Crippen LogP contribution in [0, 0.1) is 0 Å². The van der Waals surface area contributed by atoms with Crippen molar-refractivity contribution in [2.24, 2.45) is 0 Å². The fraction of sp³-hybridized carbons (Fsp3) is 0. The number of nitrogens with one attached hydrogen (secondary N) is 1. The second-order valence-electron chi connectivity index (χ2n) is 5.63. The van der Waals surface area contributed by atoms with Gasteiger partial charge in [-0.3, -0.25) is 9.78 Å². The summed E-state index contributed by atoms with van der Waals surface area (Å²) < 4.78 is 0. The summed E-state index contributed by atoms with van der Waals surface area (Å²) in [4.78, 5) is 25.6. The molecule has 4 aromatic rings. The maximum absolute atomic E-state index is 12.7. The SMILES string of the molecule is O=C(Nc1ccc(Cl)cn1)c1cccc2ccc(-c3cccnc3)nc12. The Morgan fingerprint density at radius 2 is 1.88 bits per heavy atom. The van der Waals surface area contributed by atoms with Gasteiger partial charge in [0.05, 0.1) is 21.8 Å². The first-order valence-corrected chi connectivity index (χ1v) is 8.31. The number of amides is 1. The molecule has 3 aromatic heterocycles. The normalized spacial score (nSPS) is 10.7. The van der Waals surface area contributed by atoms with E-state index in [1.165, 1.54) is 6.20 Å². The molecule has 5 nitrogen and oxygen atoms in total. The largest absolute Gasteiger partial charge is 0.306 e. The Balaban J connectivity index is 1.74. The molecule has 0 bridgehead atoms. The van der Waals surface area contributed by atoms with Crippen molar-refractivity contribution >= 4 is 34.2 Å². The zero-order valence-electron chi connectivity index (χ0n) is 13.6. The lowest BCUT2D eigenvalue weighted by molar-refractivity contribution is 0.102. The molecule has 0 saturated carbocycles. The van der Waals surface area contributed by atoms with Crippen LogP contribution in [0.4, 0.5) is 5.82 Å². The zero-order chi connectivity index (χ0) is 17.9. The lowest BCUT2D eigenvalue weighted by Crippen LogP contribution is -2.13. The van der Waals surface area contributed by atoms with Crippen molar-refractivity contribution in [2.45, 2.75) is 0 Å². The number of benzene rings is 1. The molecule has 1 amide bonds. The third-order valence-corrected chi connectivity index (χ3v) is 4.11. The van der Waals surface area contributed by atoms with Gasteiger partial charge in [0.25, 0.3) is 5.91 Å². The molecule has 0 unspecified atom stereocenters. The molecule has 3 heterocycles. The van der Waals surface area contributed by atoms with Crippen molar-refractivity contribution in [1.29, 1.82) is 0 Å². The molecule has 0 aliphatic carbocycles. The van der Waals surface area contributed by atoms with Gasteiger partial charge in [-0.1, -0.05) is 29.8 Å². The smallest absolute Gasteiger partial charge is 0.259 e. The van der Waals surface area contributed by atoms with E-state index in [4.69, 9.17) is 11.6 Å². The Morgan fingerprint density at radius 1 is 0.962 bits per heavy atom. The molecule has 126 valence electrons.